The highest BCUT2D eigenvalue weighted by Gasteiger charge is 2.35. The van der Waals surface area contributed by atoms with E-state index in [0.29, 0.717) is 23.0 Å². The van der Waals surface area contributed by atoms with Gasteiger partial charge in [-0.3, -0.25) is 0 Å². The van der Waals surface area contributed by atoms with Crippen molar-refractivity contribution < 1.29 is 17.9 Å². The summed E-state index contributed by atoms with van der Waals surface area (Å²) < 4.78 is 46.4. The first-order chi connectivity index (χ1) is 15.7. The van der Waals surface area contributed by atoms with Crippen LogP contribution in [-0.4, -0.2) is 16.1 Å². The molecule has 1 heterocycles. The van der Waals surface area contributed by atoms with Crippen LogP contribution in [0.15, 0.2) is 54.7 Å². The van der Waals surface area contributed by atoms with Crippen LogP contribution in [0.4, 0.5) is 36.3 Å². The molecule has 0 saturated carbocycles. The first kappa shape index (κ1) is 24.4. The molecule has 5 nitrogen and oxygen atoms in total. The van der Waals surface area contributed by atoms with Gasteiger partial charge in [-0.2, -0.15) is 18.2 Å². The van der Waals surface area contributed by atoms with Gasteiger partial charge < -0.3 is 15.4 Å². The van der Waals surface area contributed by atoms with Crippen LogP contribution in [0.5, 0.6) is 5.75 Å². The first-order valence-electron chi connectivity index (χ1n) is 11.0. The Morgan fingerprint density at radius 2 is 1.48 bits per heavy atom. The van der Waals surface area contributed by atoms with Crippen molar-refractivity contribution in [2.45, 2.75) is 58.7 Å². The topological polar surface area (TPSA) is 59.1 Å². The fourth-order valence-electron chi connectivity index (χ4n) is 3.07. The van der Waals surface area contributed by atoms with Crippen molar-refractivity contribution in [2.24, 2.45) is 0 Å². The van der Waals surface area contributed by atoms with E-state index >= 15 is 0 Å². The molecule has 2 aromatic carbocycles. The lowest BCUT2D eigenvalue weighted by Crippen LogP contribution is -2.13. The van der Waals surface area contributed by atoms with Gasteiger partial charge in [-0.1, -0.05) is 32.9 Å². The van der Waals surface area contributed by atoms with Crippen molar-refractivity contribution in [2.75, 3.05) is 10.6 Å². The maximum atomic E-state index is 13.5. The van der Waals surface area contributed by atoms with E-state index in [1.165, 1.54) is 5.56 Å². The average molecular weight is 459 g/mol. The predicted molar refractivity (Wildman–Crippen MR) is 126 cm³/mol. The largest absolute Gasteiger partial charge is 0.491 e. The normalized spacial score (nSPS) is 13.3. The number of hydrogen-bond acceptors (Lipinski definition) is 5. The molecule has 3 aromatic rings. The van der Waals surface area contributed by atoms with Gasteiger partial charge in [-0.25, -0.2) is 4.98 Å². The number of hydrogen-bond donors (Lipinski definition) is 2. The zero-order valence-electron chi connectivity index (χ0n) is 19.2. The molecule has 176 valence electrons. The maximum Gasteiger partial charge on any atom is 0.421 e. The molecule has 0 fully saturated rings. The van der Waals surface area contributed by atoms with Gasteiger partial charge in [0.2, 0.25) is 5.95 Å². The number of halogens is 3. The molecule has 0 aliphatic heterocycles. The van der Waals surface area contributed by atoms with Crippen LogP contribution in [0.2, 0.25) is 0 Å². The van der Waals surface area contributed by atoms with Crippen LogP contribution in [0.1, 0.15) is 57.6 Å². The van der Waals surface area contributed by atoms with E-state index in [0.717, 1.165) is 19.0 Å². The number of aromatic nitrogens is 2. The summed E-state index contributed by atoms with van der Waals surface area (Å²) >= 11 is 0. The van der Waals surface area contributed by atoms with E-state index in [9.17, 15) is 13.2 Å². The molecule has 2 atom stereocenters. The van der Waals surface area contributed by atoms with Gasteiger partial charge in [0.1, 0.15) is 17.1 Å². The van der Waals surface area contributed by atoms with Crippen molar-refractivity contribution in [3.05, 3.63) is 65.9 Å². The number of ether oxygens (including phenoxy) is 1. The molecule has 2 unspecified atom stereocenters. The zero-order valence-corrected chi connectivity index (χ0v) is 19.2. The van der Waals surface area contributed by atoms with Crippen LogP contribution in [0, 0.1) is 0 Å². The molecule has 0 saturated heterocycles. The summed E-state index contributed by atoms with van der Waals surface area (Å²) in [4.78, 5) is 7.97. The van der Waals surface area contributed by atoms with E-state index in [-0.39, 0.29) is 17.9 Å². The predicted octanol–water partition coefficient (Wildman–Crippen LogP) is 7.67. The summed E-state index contributed by atoms with van der Waals surface area (Å²) in [5, 5.41) is 5.75. The molecule has 0 bridgehead atoms. The summed E-state index contributed by atoms with van der Waals surface area (Å²) in [5.74, 6) is 0.821. The highest BCUT2D eigenvalue weighted by molar-refractivity contribution is 5.63. The lowest BCUT2D eigenvalue weighted by molar-refractivity contribution is -0.137. The van der Waals surface area contributed by atoms with E-state index in [1.807, 2.05) is 38.1 Å². The molecule has 0 amide bonds. The minimum Gasteiger partial charge on any atom is -0.491 e. The molecular formula is C25H29F3N4O. The van der Waals surface area contributed by atoms with Crippen LogP contribution in [0.25, 0.3) is 0 Å². The molecule has 33 heavy (non-hydrogen) atoms. The molecule has 3 rings (SSSR count). The number of alkyl halides is 3. The van der Waals surface area contributed by atoms with Gasteiger partial charge >= 0.3 is 6.18 Å². The molecule has 0 aliphatic rings. The van der Waals surface area contributed by atoms with Gasteiger partial charge in [0.05, 0.1) is 6.10 Å². The van der Waals surface area contributed by atoms with E-state index in [1.54, 1.807) is 24.3 Å². The molecule has 0 radical (unpaired) electrons. The first-order valence-corrected chi connectivity index (χ1v) is 11.0. The second-order valence-electron chi connectivity index (χ2n) is 8.00. The molecule has 1 aromatic heterocycles. The molecular weight excluding hydrogens is 429 g/mol. The van der Waals surface area contributed by atoms with Crippen LogP contribution >= 0.6 is 0 Å². The second-order valence-corrected chi connectivity index (χ2v) is 8.00. The summed E-state index contributed by atoms with van der Waals surface area (Å²) in [6.07, 6.45) is -1.89. The standard InChI is InChI=1S/C25H29F3N4O/c1-5-16(3)18-7-9-20(10-8-18)31-24-29-15-22(25(26,27)28)23(32-24)30-19-11-13-21(14-12-19)33-17(4)6-2/h7-17H,5-6H2,1-4H3,(H2,29,30,31,32). The van der Waals surface area contributed by atoms with Gasteiger partial charge in [0.25, 0.3) is 0 Å². The Labute approximate surface area is 192 Å². The number of nitrogens with one attached hydrogen (secondary N) is 2. The van der Waals surface area contributed by atoms with Gasteiger partial charge in [-0.15, -0.1) is 0 Å². The number of benzene rings is 2. The monoisotopic (exact) mass is 458 g/mol. The van der Waals surface area contributed by atoms with Gasteiger partial charge in [0, 0.05) is 17.6 Å². The Morgan fingerprint density at radius 3 is 2.06 bits per heavy atom. The summed E-state index contributed by atoms with van der Waals surface area (Å²) in [5.41, 5.74) is 1.40. The fourth-order valence-corrected chi connectivity index (χ4v) is 3.07. The molecule has 0 aliphatic carbocycles. The quantitative estimate of drug-likeness (QED) is 0.344. The summed E-state index contributed by atoms with van der Waals surface area (Å²) in [6, 6.07) is 14.4. The zero-order chi connectivity index (χ0) is 24.0. The Balaban J connectivity index is 1.82. The van der Waals surface area contributed by atoms with Crippen molar-refractivity contribution in [3.63, 3.8) is 0 Å². The Bertz CT molecular complexity index is 1040. The van der Waals surface area contributed by atoms with Crippen molar-refractivity contribution in [1.82, 2.24) is 9.97 Å². The highest BCUT2D eigenvalue weighted by atomic mass is 19.4. The maximum absolute atomic E-state index is 13.5. The van der Waals surface area contributed by atoms with E-state index in [4.69, 9.17) is 4.74 Å². The third-order valence-corrected chi connectivity index (χ3v) is 5.47. The molecule has 2 N–H and O–H groups in total. The third kappa shape index (κ3) is 6.60. The number of rotatable bonds is 9. The smallest absolute Gasteiger partial charge is 0.421 e. The van der Waals surface area contributed by atoms with Crippen molar-refractivity contribution in [3.8, 4) is 5.75 Å². The molecule has 8 heteroatoms. The second kappa shape index (κ2) is 10.6. The number of nitrogens with zero attached hydrogens (tertiary/aromatic N) is 2. The van der Waals surface area contributed by atoms with Crippen LogP contribution in [0.3, 0.4) is 0 Å². The van der Waals surface area contributed by atoms with Crippen LogP contribution in [-0.2, 0) is 6.18 Å². The summed E-state index contributed by atoms with van der Waals surface area (Å²) in [7, 11) is 0. The minimum atomic E-state index is -4.60. The Morgan fingerprint density at radius 1 is 0.879 bits per heavy atom. The average Bonchev–Trinajstić information content (AvgIpc) is 2.79. The van der Waals surface area contributed by atoms with E-state index < -0.39 is 11.7 Å². The lowest BCUT2D eigenvalue weighted by Gasteiger charge is -2.16. The van der Waals surface area contributed by atoms with Crippen molar-refractivity contribution >= 4 is 23.1 Å². The minimum absolute atomic E-state index is 0.0513. The van der Waals surface area contributed by atoms with Crippen LogP contribution < -0.4 is 15.4 Å². The highest BCUT2D eigenvalue weighted by Crippen LogP contribution is 2.35. The SMILES string of the molecule is CCC(C)Oc1ccc(Nc2nc(Nc3ccc(C(C)CC)cc3)ncc2C(F)(F)F)cc1. The lowest BCUT2D eigenvalue weighted by atomic mass is 9.99. The molecule has 0 spiro atoms. The van der Waals surface area contributed by atoms with Gasteiger partial charge in [-0.05, 0) is 67.6 Å². The van der Waals surface area contributed by atoms with Crippen molar-refractivity contribution in [1.29, 1.82) is 0 Å². The Hall–Kier alpha value is -3.29. The summed E-state index contributed by atoms with van der Waals surface area (Å²) in [6.45, 7) is 8.23. The van der Waals surface area contributed by atoms with E-state index in [2.05, 4.69) is 34.4 Å². The Kier molecular flexibility index (Phi) is 7.79. The van der Waals surface area contributed by atoms with Gasteiger partial charge in [0.15, 0.2) is 0 Å². The number of anilines is 4. The fraction of sp³-hybridized carbons (Fsp3) is 0.360. The third-order valence-electron chi connectivity index (χ3n) is 5.47.